The van der Waals surface area contributed by atoms with Crippen molar-refractivity contribution < 1.29 is 33.4 Å². The second-order valence-electron chi connectivity index (χ2n) is 7.26. The van der Waals surface area contributed by atoms with Gasteiger partial charge < -0.3 is 19.1 Å². The predicted octanol–water partition coefficient (Wildman–Crippen LogP) is 2.65. The van der Waals surface area contributed by atoms with Crippen LogP contribution >= 0.6 is 11.3 Å². The summed E-state index contributed by atoms with van der Waals surface area (Å²) in [4.78, 5) is 50.6. The van der Waals surface area contributed by atoms with Crippen LogP contribution in [0.15, 0.2) is 35.7 Å². The van der Waals surface area contributed by atoms with Crippen LogP contribution in [0.4, 0.5) is 0 Å². The molecule has 1 aliphatic heterocycles. The van der Waals surface area contributed by atoms with Gasteiger partial charge in [-0.05, 0) is 55.8 Å². The van der Waals surface area contributed by atoms with Gasteiger partial charge in [0.1, 0.15) is 0 Å². The lowest BCUT2D eigenvalue weighted by atomic mass is 10.1. The summed E-state index contributed by atoms with van der Waals surface area (Å²) in [6.45, 7) is 2.84. The molecule has 10 heteroatoms. The Hall–Kier alpha value is -3.40. The lowest BCUT2D eigenvalue weighted by Crippen LogP contribution is -2.38. The zero-order valence-electron chi connectivity index (χ0n) is 18.3. The minimum Gasteiger partial charge on any atom is -0.490 e. The van der Waals surface area contributed by atoms with Gasteiger partial charge in [-0.1, -0.05) is 6.07 Å². The van der Waals surface area contributed by atoms with E-state index in [2.05, 4.69) is 5.32 Å². The van der Waals surface area contributed by atoms with Crippen molar-refractivity contribution in [2.45, 2.75) is 26.2 Å². The molecule has 1 saturated heterocycles. The zero-order valence-corrected chi connectivity index (χ0v) is 19.2. The number of esters is 1. The fourth-order valence-electron chi connectivity index (χ4n) is 3.24. The minimum atomic E-state index is -0.759. The summed E-state index contributed by atoms with van der Waals surface area (Å²) in [5.41, 5.74) is 0.144. The van der Waals surface area contributed by atoms with Gasteiger partial charge in [-0.15, -0.1) is 11.3 Å². The second-order valence-corrected chi connectivity index (χ2v) is 8.20. The van der Waals surface area contributed by atoms with Crippen LogP contribution in [0.5, 0.6) is 11.5 Å². The number of benzene rings is 1. The molecule has 0 spiro atoms. The highest BCUT2D eigenvalue weighted by atomic mass is 32.1. The quantitative estimate of drug-likeness (QED) is 0.556. The third-order valence-electron chi connectivity index (χ3n) is 4.87. The van der Waals surface area contributed by atoms with Gasteiger partial charge in [0.2, 0.25) is 0 Å². The van der Waals surface area contributed by atoms with Crippen molar-refractivity contribution in [3.63, 3.8) is 0 Å². The number of hydrogen-bond acceptors (Lipinski definition) is 8. The Morgan fingerprint density at radius 3 is 2.48 bits per heavy atom. The fraction of sp³-hybridized carbons (Fsp3) is 0.391. The van der Waals surface area contributed by atoms with Crippen molar-refractivity contribution in [1.29, 1.82) is 0 Å². The Balaban J connectivity index is 1.54. The Morgan fingerprint density at radius 2 is 1.79 bits per heavy atom. The second kappa shape index (κ2) is 12.0. The van der Waals surface area contributed by atoms with Crippen molar-refractivity contribution in [2.24, 2.45) is 0 Å². The van der Waals surface area contributed by atoms with Crippen LogP contribution in [0.3, 0.4) is 0 Å². The summed E-state index contributed by atoms with van der Waals surface area (Å²) in [5, 5.41) is 3.87. The number of amides is 3. The normalized spacial score (nSPS) is 13.2. The van der Waals surface area contributed by atoms with E-state index in [1.807, 2.05) is 0 Å². The number of piperidine rings is 1. The number of nitrogens with one attached hydrogen (secondary N) is 1. The molecule has 3 rings (SSSR count). The molecule has 1 fully saturated rings. The van der Waals surface area contributed by atoms with E-state index < -0.39 is 24.4 Å². The van der Waals surface area contributed by atoms with Gasteiger partial charge in [-0.3, -0.25) is 19.7 Å². The van der Waals surface area contributed by atoms with Gasteiger partial charge in [-0.2, -0.15) is 0 Å². The number of thiophene rings is 1. The molecule has 1 aromatic carbocycles. The van der Waals surface area contributed by atoms with Gasteiger partial charge in [0, 0.05) is 13.1 Å². The average molecular weight is 475 g/mol. The number of hydrogen-bond donors (Lipinski definition) is 1. The summed E-state index contributed by atoms with van der Waals surface area (Å²) in [6, 6.07) is 7.68. The van der Waals surface area contributed by atoms with Gasteiger partial charge >= 0.3 is 5.97 Å². The predicted molar refractivity (Wildman–Crippen MR) is 121 cm³/mol. The number of likely N-dealkylation sites (tertiary alicyclic amines) is 1. The van der Waals surface area contributed by atoms with E-state index in [4.69, 9.17) is 14.2 Å². The largest absolute Gasteiger partial charge is 0.490 e. The molecule has 0 radical (unpaired) electrons. The highest BCUT2D eigenvalue weighted by molar-refractivity contribution is 7.12. The molecule has 9 nitrogen and oxygen atoms in total. The van der Waals surface area contributed by atoms with E-state index in [0.29, 0.717) is 17.2 Å². The molecule has 2 heterocycles. The van der Waals surface area contributed by atoms with E-state index in [1.54, 1.807) is 29.3 Å². The molecular weight excluding hydrogens is 448 g/mol. The van der Waals surface area contributed by atoms with Gasteiger partial charge in [0.25, 0.3) is 17.7 Å². The first kappa shape index (κ1) is 24.2. The Bertz CT molecular complexity index is 985. The Morgan fingerprint density at radius 1 is 1.00 bits per heavy atom. The maximum absolute atomic E-state index is 12.4. The van der Waals surface area contributed by atoms with Crippen molar-refractivity contribution in [1.82, 2.24) is 10.2 Å². The first-order valence-corrected chi connectivity index (χ1v) is 11.6. The van der Waals surface area contributed by atoms with Crippen LogP contribution in [0.1, 0.15) is 46.2 Å². The van der Waals surface area contributed by atoms with Crippen molar-refractivity contribution >= 4 is 35.0 Å². The topological polar surface area (TPSA) is 111 Å². The molecule has 2 aromatic rings. The molecule has 176 valence electrons. The highest BCUT2D eigenvalue weighted by Gasteiger charge is 2.19. The summed E-state index contributed by atoms with van der Waals surface area (Å²) >= 11 is 1.19. The fourth-order valence-corrected chi connectivity index (χ4v) is 3.86. The first-order chi connectivity index (χ1) is 16.0. The first-order valence-electron chi connectivity index (χ1n) is 10.7. The van der Waals surface area contributed by atoms with Crippen LogP contribution in [0, 0.1) is 0 Å². The SMILES string of the molecule is CCOc1cc(C(=O)OCC(=O)NC(=O)c2cccs2)ccc1OCC(=O)N1CCCCC1. The summed E-state index contributed by atoms with van der Waals surface area (Å²) in [6.07, 6.45) is 3.11. The van der Waals surface area contributed by atoms with Crippen LogP contribution in [0.2, 0.25) is 0 Å². The van der Waals surface area contributed by atoms with E-state index >= 15 is 0 Å². The molecule has 33 heavy (non-hydrogen) atoms. The van der Waals surface area contributed by atoms with Crippen LogP contribution in [-0.4, -0.2) is 61.5 Å². The third-order valence-corrected chi connectivity index (χ3v) is 5.74. The maximum atomic E-state index is 12.4. The zero-order chi connectivity index (χ0) is 23.6. The number of nitrogens with zero attached hydrogens (tertiary/aromatic N) is 1. The van der Waals surface area contributed by atoms with E-state index in [-0.39, 0.29) is 23.8 Å². The molecule has 0 saturated carbocycles. The molecule has 1 aromatic heterocycles. The minimum absolute atomic E-state index is 0.0938. The lowest BCUT2D eigenvalue weighted by Gasteiger charge is -2.26. The molecule has 1 N–H and O–H groups in total. The van der Waals surface area contributed by atoms with Gasteiger partial charge in [0.05, 0.1) is 17.0 Å². The number of imide groups is 1. The number of carbonyl (C=O) groups excluding carboxylic acids is 4. The molecule has 0 atom stereocenters. The molecule has 3 amide bonds. The Labute approximate surface area is 195 Å². The average Bonchev–Trinajstić information content (AvgIpc) is 3.37. The molecule has 0 unspecified atom stereocenters. The maximum Gasteiger partial charge on any atom is 0.338 e. The van der Waals surface area contributed by atoms with Crippen LogP contribution in [0.25, 0.3) is 0 Å². The van der Waals surface area contributed by atoms with E-state index in [9.17, 15) is 19.2 Å². The van der Waals surface area contributed by atoms with Crippen molar-refractivity contribution in [3.8, 4) is 11.5 Å². The Kier molecular flexibility index (Phi) is 8.82. The summed E-state index contributed by atoms with van der Waals surface area (Å²) in [7, 11) is 0. The highest BCUT2D eigenvalue weighted by Crippen LogP contribution is 2.29. The number of carbonyl (C=O) groups is 4. The van der Waals surface area contributed by atoms with E-state index in [0.717, 1.165) is 32.4 Å². The van der Waals surface area contributed by atoms with Crippen molar-refractivity contribution in [3.05, 3.63) is 46.2 Å². The van der Waals surface area contributed by atoms with Gasteiger partial charge in [-0.25, -0.2) is 4.79 Å². The smallest absolute Gasteiger partial charge is 0.338 e. The van der Waals surface area contributed by atoms with E-state index in [1.165, 1.54) is 29.5 Å². The molecule has 1 aliphatic rings. The van der Waals surface area contributed by atoms with Crippen molar-refractivity contribution in [2.75, 3.05) is 32.9 Å². The third kappa shape index (κ3) is 7.04. The molecule has 0 bridgehead atoms. The van der Waals surface area contributed by atoms with Gasteiger partial charge in [0.15, 0.2) is 24.7 Å². The monoisotopic (exact) mass is 474 g/mol. The van der Waals surface area contributed by atoms with Crippen LogP contribution in [-0.2, 0) is 14.3 Å². The molecule has 0 aliphatic carbocycles. The van der Waals surface area contributed by atoms with Crippen LogP contribution < -0.4 is 14.8 Å². The standard InChI is InChI=1S/C23H26N2O7S/c1-2-30-18-13-16(8-9-17(18)31-15-21(27)25-10-4-3-5-11-25)23(29)32-14-20(26)24-22(28)19-7-6-12-33-19/h6-9,12-13H,2-5,10-11,14-15H2,1H3,(H,24,26,28). The number of rotatable bonds is 9. The summed E-state index contributed by atoms with van der Waals surface area (Å²) < 4.78 is 16.2. The lowest BCUT2D eigenvalue weighted by molar-refractivity contribution is -0.134. The summed E-state index contributed by atoms with van der Waals surface area (Å²) in [5.74, 6) is -1.52. The number of ether oxygens (including phenoxy) is 3. The molecular formula is C23H26N2O7S.